The van der Waals surface area contributed by atoms with Crippen LogP contribution in [-0.4, -0.2) is 86.5 Å². The zero-order valence-corrected chi connectivity index (χ0v) is 12.3. The number of hydrogen-bond donors (Lipinski definition) is 6. The summed E-state index contributed by atoms with van der Waals surface area (Å²) < 4.78 is 4.28. The van der Waals surface area contributed by atoms with Crippen LogP contribution in [0.2, 0.25) is 0 Å². The molecule has 0 bridgehead atoms. The van der Waals surface area contributed by atoms with E-state index >= 15 is 0 Å². The second-order valence-corrected chi connectivity index (χ2v) is 5.29. The van der Waals surface area contributed by atoms with E-state index in [1.807, 2.05) is 0 Å². The molecule has 0 aliphatic rings. The van der Waals surface area contributed by atoms with Crippen molar-refractivity contribution in [1.29, 1.82) is 0 Å². The second kappa shape index (κ2) is 10.1. The molecule has 21 heavy (non-hydrogen) atoms. The van der Waals surface area contributed by atoms with Crippen LogP contribution < -0.4 is 5.73 Å². The van der Waals surface area contributed by atoms with Crippen molar-refractivity contribution >= 4 is 23.7 Å². The monoisotopic (exact) mass is 327 g/mol. The van der Waals surface area contributed by atoms with Crippen molar-refractivity contribution in [3.63, 3.8) is 0 Å². The largest absolute Gasteiger partial charge is 0.394 e. The fourth-order valence-corrected chi connectivity index (χ4v) is 1.75. The van der Waals surface area contributed by atoms with E-state index in [0.29, 0.717) is 5.75 Å². The summed E-state index contributed by atoms with van der Waals surface area (Å²) in [6.45, 7) is -0.890. The molecule has 0 saturated carbocycles. The van der Waals surface area contributed by atoms with Gasteiger partial charge in [0.1, 0.15) is 24.4 Å². The molecule has 124 valence electrons. The minimum absolute atomic E-state index is 0.262. The first kappa shape index (κ1) is 20.2. The number of esters is 2. The summed E-state index contributed by atoms with van der Waals surface area (Å²) in [5.74, 6) is -2.01. The molecule has 9 nitrogen and oxygen atoms in total. The SMILES string of the molecule is CSCC[C@H](N)C(=O)OC(=O)[C@H](O)[C@@H](O)[C@H](O)[C@H](O)CO. The molecule has 0 aliphatic heterocycles. The van der Waals surface area contributed by atoms with E-state index < -0.39 is 49.0 Å². The van der Waals surface area contributed by atoms with Gasteiger partial charge in [0.05, 0.1) is 6.61 Å². The fourth-order valence-electron chi connectivity index (χ4n) is 1.26. The number of thioether (sulfide) groups is 1. The number of rotatable bonds is 9. The maximum Gasteiger partial charge on any atom is 0.345 e. The highest BCUT2D eigenvalue weighted by molar-refractivity contribution is 7.98. The van der Waals surface area contributed by atoms with E-state index in [1.54, 1.807) is 6.26 Å². The topological polar surface area (TPSA) is 171 Å². The fraction of sp³-hybridized carbons (Fsp3) is 0.818. The number of carbonyl (C=O) groups is 2. The van der Waals surface area contributed by atoms with Crippen molar-refractivity contribution in [3.05, 3.63) is 0 Å². The third-order valence-electron chi connectivity index (χ3n) is 2.63. The van der Waals surface area contributed by atoms with Gasteiger partial charge < -0.3 is 36.0 Å². The van der Waals surface area contributed by atoms with Crippen LogP contribution in [0.15, 0.2) is 0 Å². The Morgan fingerprint density at radius 1 is 1.14 bits per heavy atom. The Morgan fingerprint density at radius 2 is 1.71 bits per heavy atom. The Bertz CT molecular complexity index is 342. The van der Waals surface area contributed by atoms with Crippen molar-refractivity contribution in [3.8, 4) is 0 Å². The highest BCUT2D eigenvalue weighted by atomic mass is 32.2. The molecule has 0 fully saturated rings. The Labute approximate surface area is 125 Å². The predicted molar refractivity (Wildman–Crippen MR) is 73.2 cm³/mol. The average molecular weight is 327 g/mol. The summed E-state index contributed by atoms with van der Waals surface area (Å²) in [5, 5.41) is 45.9. The smallest absolute Gasteiger partial charge is 0.345 e. The van der Waals surface area contributed by atoms with E-state index in [0.717, 1.165) is 0 Å². The van der Waals surface area contributed by atoms with Gasteiger partial charge in [0.15, 0.2) is 6.10 Å². The molecule has 0 aromatic carbocycles. The van der Waals surface area contributed by atoms with Gasteiger partial charge in [0.25, 0.3) is 0 Å². The third-order valence-corrected chi connectivity index (χ3v) is 3.28. The highest BCUT2D eigenvalue weighted by Crippen LogP contribution is 2.08. The molecule has 0 spiro atoms. The molecule has 7 N–H and O–H groups in total. The normalized spacial score (nSPS) is 18.4. The number of hydrogen-bond acceptors (Lipinski definition) is 10. The number of ether oxygens (including phenoxy) is 1. The predicted octanol–water partition coefficient (Wildman–Crippen LogP) is -3.43. The molecule has 10 heteroatoms. The molecule has 0 heterocycles. The van der Waals surface area contributed by atoms with Crippen LogP contribution in [-0.2, 0) is 14.3 Å². The second-order valence-electron chi connectivity index (χ2n) is 4.30. The Hall–Kier alpha value is -0.750. The minimum Gasteiger partial charge on any atom is -0.394 e. The first-order chi connectivity index (χ1) is 9.76. The van der Waals surface area contributed by atoms with Crippen LogP contribution in [0.4, 0.5) is 0 Å². The van der Waals surface area contributed by atoms with Crippen molar-refractivity contribution < 1.29 is 39.9 Å². The molecule has 0 amide bonds. The number of aliphatic hydroxyl groups is 5. The Morgan fingerprint density at radius 3 is 2.19 bits per heavy atom. The van der Waals surface area contributed by atoms with Crippen molar-refractivity contribution in [2.24, 2.45) is 5.73 Å². The molecule has 0 radical (unpaired) electrons. The van der Waals surface area contributed by atoms with Crippen LogP contribution in [0, 0.1) is 0 Å². The molecule has 5 atom stereocenters. The molecule has 0 aromatic rings. The van der Waals surface area contributed by atoms with Crippen LogP contribution >= 0.6 is 11.8 Å². The summed E-state index contributed by atoms with van der Waals surface area (Å²) in [6.07, 6.45) is -6.08. The highest BCUT2D eigenvalue weighted by Gasteiger charge is 2.36. The van der Waals surface area contributed by atoms with Gasteiger partial charge in [-0.15, -0.1) is 0 Å². The van der Waals surface area contributed by atoms with Crippen LogP contribution in [0.5, 0.6) is 0 Å². The minimum atomic E-state index is -2.27. The number of carbonyl (C=O) groups excluding carboxylic acids is 2. The zero-order valence-electron chi connectivity index (χ0n) is 11.5. The number of aliphatic hydroxyl groups excluding tert-OH is 5. The lowest BCUT2D eigenvalue weighted by Crippen LogP contribution is -2.50. The molecular weight excluding hydrogens is 306 g/mol. The van der Waals surface area contributed by atoms with Crippen molar-refractivity contribution in [2.75, 3.05) is 18.6 Å². The summed E-state index contributed by atoms with van der Waals surface area (Å²) in [4.78, 5) is 22.8. The summed E-state index contributed by atoms with van der Waals surface area (Å²) in [5.41, 5.74) is 5.45. The Kier molecular flexibility index (Phi) is 9.70. The van der Waals surface area contributed by atoms with E-state index in [4.69, 9.17) is 15.9 Å². The molecule has 0 aromatic heterocycles. The van der Waals surface area contributed by atoms with Gasteiger partial charge in [-0.05, 0) is 18.4 Å². The summed E-state index contributed by atoms with van der Waals surface area (Å²) >= 11 is 1.44. The van der Waals surface area contributed by atoms with Gasteiger partial charge in [-0.1, -0.05) is 0 Å². The molecular formula is C11H21NO8S. The van der Waals surface area contributed by atoms with E-state index in [9.17, 15) is 24.9 Å². The van der Waals surface area contributed by atoms with E-state index in [-0.39, 0.29) is 6.42 Å². The molecule has 0 rings (SSSR count). The maximum atomic E-state index is 11.4. The summed E-state index contributed by atoms with van der Waals surface area (Å²) in [7, 11) is 0. The standard InChI is InChI=1S/C11H21NO8S/c1-21-3-2-5(12)10(18)20-11(19)9(17)8(16)7(15)6(14)4-13/h5-9,13-17H,2-4,12H2,1H3/t5-,6+,7+,8-,9+/m0/s1. The molecule has 0 saturated heterocycles. The van der Waals surface area contributed by atoms with Crippen LogP contribution in [0.1, 0.15) is 6.42 Å². The van der Waals surface area contributed by atoms with Crippen molar-refractivity contribution in [2.45, 2.75) is 36.9 Å². The van der Waals surface area contributed by atoms with Gasteiger partial charge in [-0.2, -0.15) is 11.8 Å². The Balaban J connectivity index is 4.47. The quantitative estimate of drug-likeness (QED) is 0.185. The lowest BCUT2D eigenvalue weighted by molar-refractivity contribution is -0.177. The zero-order chi connectivity index (χ0) is 16.6. The van der Waals surface area contributed by atoms with Crippen molar-refractivity contribution in [1.82, 2.24) is 0 Å². The van der Waals surface area contributed by atoms with Gasteiger partial charge in [-0.25, -0.2) is 9.59 Å². The van der Waals surface area contributed by atoms with Crippen LogP contribution in [0.3, 0.4) is 0 Å². The lowest BCUT2D eigenvalue weighted by Gasteiger charge is -2.24. The van der Waals surface area contributed by atoms with Gasteiger partial charge in [0, 0.05) is 0 Å². The van der Waals surface area contributed by atoms with Gasteiger partial charge in [0.2, 0.25) is 0 Å². The first-order valence-corrected chi connectivity index (χ1v) is 7.48. The number of nitrogens with two attached hydrogens (primary N) is 1. The third kappa shape index (κ3) is 6.70. The summed E-state index contributed by atoms with van der Waals surface area (Å²) in [6, 6.07) is -1.06. The molecule has 0 unspecified atom stereocenters. The lowest BCUT2D eigenvalue weighted by atomic mass is 10.0. The van der Waals surface area contributed by atoms with Gasteiger partial charge >= 0.3 is 11.9 Å². The maximum absolute atomic E-state index is 11.4. The average Bonchev–Trinajstić information content (AvgIpc) is 2.48. The van der Waals surface area contributed by atoms with E-state index in [2.05, 4.69) is 4.74 Å². The van der Waals surface area contributed by atoms with Crippen LogP contribution in [0.25, 0.3) is 0 Å². The van der Waals surface area contributed by atoms with E-state index in [1.165, 1.54) is 11.8 Å². The molecule has 0 aliphatic carbocycles. The first-order valence-electron chi connectivity index (χ1n) is 6.09. The van der Waals surface area contributed by atoms with Gasteiger partial charge in [-0.3, -0.25) is 0 Å².